The average Bonchev–Trinajstić information content (AvgIpc) is 2.47. The van der Waals surface area contributed by atoms with Crippen molar-refractivity contribution in [3.63, 3.8) is 0 Å². The predicted molar refractivity (Wildman–Crippen MR) is 87.7 cm³/mol. The highest BCUT2D eigenvalue weighted by Gasteiger charge is 2.10. The van der Waals surface area contributed by atoms with Crippen LogP contribution >= 0.6 is 11.8 Å². The predicted octanol–water partition coefficient (Wildman–Crippen LogP) is 2.61. The molecule has 0 saturated carbocycles. The normalized spacial score (nSPS) is 16.6. The number of hydrogen-bond donors (Lipinski definition) is 1. The zero-order chi connectivity index (χ0) is 14.2. The van der Waals surface area contributed by atoms with E-state index >= 15 is 0 Å². The summed E-state index contributed by atoms with van der Waals surface area (Å²) < 4.78 is 5.98. The summed E-state index contributed by atoms with van der Waals surface area (Å²) in [5, 5.41) is 3.45. The van der Waals surface area contributed by atoms with Crippen molar-refractivity contribution in [1.82, 2.24) is 10.2 Å². The summed E-state index contributed by atoms with van der Waals surface area (Å²) in [6.45, 7) is 9.41. The van der Waals surface area contributed by atoms with Crippen LogP contribution in [0.3, 0.4) is 0 Å². The molecule has 0 aliphatic carbocycles. The molecule has 0 aromatic heterocycles. The van der Waals surface area contributed by atoms with Gasteiger partial charge in [-0.05, 0) is 6.07 Å². The summed E-state index contributed by atoms with van der Waals surface area (Å²) in [5.74, 6) is 3.54. The van der Waals surface area contributed by atoms with Crippen LogP contribution in [0.5, 0.6) is 5.75 Å². The lowest BCUT2D eigenvalue weighted by Gasteiger charge is -2.26. The van der Waals surface area contributed by atoms with Gasteiger partial charge in [-0.2, -0.15) is 11.8 Å². The number of nitrogens with zero attached hydrogens (tertiary/aromatic N) is 1. The number of rotatable bonds is 7. The van der Waals surface area contributed by atoms with Gasteiger partial charge in [-0.15, -0.1) is 0 Å². The van der Waals surface area contributed by atoms with Crippen molar-refractivity contribution in [1.29, 1.82) is 0 Å². The van der Waals surface area contributed by atoms with E-state index in [0.717, 1.165) is 25.4 Å². The van der Waals surface area contributed by atoms with Gasteiger partial charge in [0.05, 0.1) is 0 Å². The lowest BCUT2D eigenvalue weighted by molar-refractivity contribution is 0.221. The van der Waals surface area contributed by atoms with Gasteiger partial charge < -0.3 is 10.1 Å². The smallest absolute Gasteiger partial charge is 0.123 e. The van der Waals surface area contributed by atoms with Gasteiger partial charge in [0.25, 0.3) is 0 Å². The van der Waals surface area contributed by atoms with E-state index < -0.39 is 0 Å². The molecule has 1 N–H and O–H groups in total. The quantitative estimate of drug-likeness (QED) is 0.835. The Morgan fingerprint density at radius 2 is 2.00 bits per heavy atom. The van der Waals surface area contributed by atoms with E-state index in [1.54, 1.807) is 0 Å². The maximum atomic E-state index is 5.98. The third-order valence-electron chi connectivity index (χ3n) is 3.44. The average molecular weight is 294 g/mol. The summed E-state index contributed by atoms with van der Waals surface area (Å²) >= 11 is 2.05. The first kappa shape index (κ1) is 15.7. The Hall–Kier alpha value is -0.710. The van der Waals surface area contributed by atoms with E-state index in [1.165, 1.54) is 30.2 Å². The highest BCUT2D eigenvalue weighted by atomic mass is 32.2. The van der Waals surface area contributed by atoms with Crippen molar-refractivity contribution >= 4 is 11.8 Å². The third kappa shape index (κ3) is 5.35. The van der Waals surface area contributed by atoms with Crippen LogP contribution in [0.4, 0.5) is 0 Å². The van der Waals surface area contributed by atoms with E-state index in [-0.39, 0.29) is 0 Å². The van der Waals surface area contributed by atoms with Crippen molar-refractivity contribution in [3.05, 3.63) is 29.8 Å². The fourth-order valence-corrected chi connectivity index (χ4v) is 3.19. The van der Waals surface area contributed by atoms with Crippen LogP contribution in [0.25, 0.3) is 0 Å². The molecule has 1 fully saturated rings. The minimum absolute atomic E-state index is 0.494. The molecule has 0 bridgehead atoms. The molecule has 0 radical (unpaired) electrons. The van der Waals surface area contributed by atoms with Crippen molar-refractivity contribution in [2.24, 2.45) is 0 Å². The fourth-order valence-electron chi connectivity index (χ4n) is 2.21. The minimum atomic E-state index is 0.494. The minimum Gasteiger partial charge on any atom is -0.492 e. The molecule has 0 atom stereocenters. The van der Waals surface area contributed by atoms with E-state index in [0.29, 0.717) is 6.04 Å². The summed E-state index contributed by atoms with van der Waals surface area (Å²) in [7, 11) is 0. The van der Waals surface area contributed by atoms with Crippen molar-refractivity contribution in [2.75, 3.05) is 37.7 Å². The Kier molecular flexibility index (Phi) is 6.70. The Morgan fingerprint density at radius 1 is 1.25 bits per heavy atom. The topological polar surface area (TPSA) is 24.5 Å². The van der Waals surface area contributed by atoms with Gasteiger partial charge in [0.15, 0.2) is 0 Å². The monoisotopic (exact) mass is 294 g/mol. The standard InChI is InChI=1S/C16H26N2OS/c1-14(2)17-13-15-5-3-4-6-16(15)19-10-7-18-8-11-20-12-9-18/h3-6,14,17H,7-13H2,1-2H3. The Labute approximate surface area is 127 Å². The molecule has 112 valence electrons. The zero-order valence-corrected chi connectivity index (χ0v) is 13.4. The van der Waals surface area contributed by atoms with Crippen LogP contribution in [0.2, 0.25) is 0 Å². The summed E-state index contributed by atoms with van der Waals surface area (Å²) in [6.07, 6.45) is 0. The lowest BCUT2D eigenvalue weighted by Crippen LogP contribution is -2.35. The first-order valence-corrected chi connectivity index (χ1v) is 8.65. The largest absolute Gasteiger partial charge is 0.492 e. The second-order valence-electron chi connectivity index (χ2n) is 5.45. The Bertz CT molecular complexity index is 392. The molecule has 4 heteroatoms. The maximum absolute atomic E-state index is 5.98. The first-order valence-electron chi connectivity index (χ1n) is 7.50. The molecule has 20 heavy (non-hydrogen) atoms. The number of thioether (sulfide) groups is 1. The maximum Gasteiger partial charge on any atom is 0.123 e. The van der Waals surface area contributed by atoms with Crippen LogP contribution in [0.1, 0.15) is 19.4 Å². The number of hydrogen-bond acceptors (Lipinski definition) is 4. The van der Waals surface area contributed by atoms with Crippen molar-refractivity contribution in [3.8, 4) is 5.75 Å². The molecule has 3 nitrogen and oxygen atoms in total. The van der Waals surface area contributed by atoms with Crippen molar-refractivity contribution in [2.45, 2.75) is 26.4 Å². The van der Waals surface area contributed by atoms with Gasteiger partial charge in [0, 0.05) is 49.3 Å². The van der Waals surface area contributed by atoms with E-state index in [9.17, 15) is 0 Å². The molecular weight excluding hydrogens is 268 g/mol. The molecule has 1 saturated heterocycles. The highest BCUT2D eigenvalue weighted by molar-refractivity contribution is 7.99. The fraction of sp³-hybridized carbons (Fsp3) is 0.625. The first-order chi connectivity index (χ1) is 9.75. The van der Waals surface area contributed by atoms with Crippen LogP contribution in [-0.2, 0) is 6.54 Å². The molecule has 2 rings (SSSR count). The second-order valence-corrected chi connectivity index (χ2v) is 6.67. The van der Waals surface area contributed by atoms with E-state index in [1.807, 2.05) is 17.8 Å². The van der Waals surface area contributed by atoms with Gasteiger partial charge in [0.1, 0.15) is 12.4 Å². The second kappa shape index (κ2) is 8.55. The van der Waals surface area contributed by atoms with Gasteiger partial charge in [-0.25, -0.2) is 0 Å². The third-order valence-corrected chi connectivity index (χ3v) is 4.38. The molecular formula is C16H26N2OS. The summed E-state index contributed by atoms with van der Waals surface area (Å²) in [4.78, 5) is 2.49. The summed E-state index contributed by atoms with van der Waals surface area (Å²) in [6, 6.07) is 8.83. The number of nitrogens with one attached hydrogen (secondary N) is 1. The van der Waals surface area contributed by atoms with Crippen molar-refractivity contribution < 1.29 is 4.74 Å². The number of benzene rings is 1. The van der Waals surface area contributed by atoms with Gasteiger partial charge in [-0.3, -0.25) is 4.90 Å². The number of ether oxygens (including phenoxy) is 1. The number of para-hydroxylation sites is 1. The van der Waals surface area contributed by atoms with Gasteiger partial charge >= 0.3 is 0 Å². The SMILES string of the molecule is CC(C)NCc1ccccc1OCCN1CCSCC1. The van der Waals surface area contributed by atoms with Crippen LogP contribution in [0.15, 0.2) is 24.3 Å². The molecule has 0 unspecified atom stereocenters. The molecule has 1 aliphatic heterocycles. The molecule has 0 amide bonds. The molecule has 0 spiro atoms. The van der Waals surface area contributed by atoms with Gasteiger partial charge in [-0.1, -0.05) is 32.0 Å². The van der Waals surface area contributed by atoms with E-state index in [4.69, 9.17) is 4.74 Å². The zero-order valence-electron chi connectivity index (χ0n) is 12.6. The van der Waals surface area contributed by atoms with Crippen LogP contribution in [-0.4, -0.2) is 48.7 Å². The molecule has 1 heterocycles. The lowest BCUT2D eigenvalue weighted by atomic mass is 10.2. The molecule has 1 aromatic carbocycles. The Morgan fingerprint density at radius 3 is 2.75 bits per heavy atom. The van der Waals surface area contributed by atoms with Crippen LogP contribution in [0, 0.1) is 0 Å². The Balaban J connectivity index is 1.79. The van der Waals surface area contributed by atoms with Gasteiger partial charge in [0.2, 0.25) is 0 Å². The van der Waals surface area contributed by atoms with E-state index in [2.05, 4.69) is 42.3 Å². The summed E-state index contributed by atoms with van der Waals surface area (Å²) in [5.41, 5.74) is 1.25. The molecule has 1 aromatic rings. The van der Waals surface area contributed by atoms with Crippen LogP contribution < -0.4 is 10.1 Å². The highest BCUT2D eigenvalue weighted by Crippen LogP contribution is 2.18. The molecule has 1 aliphatic rings.